The van der Waals surface area contributed by atoms with Crippen molar-refractivity contribution >= 4 is 11.6 Å². The van der Waals surface area contributed by atoms with E-state index in [4.69, 9.17) is 4.74 Å². The van der Waals surface area contributed by atoms with Crippen LogP contribution in [-0.2, 0) is 22.5 Å². The first-order chi connectivity index (χ1) is 12.8. The Balaban J connectivity index is 1.47. The molecule has 2 N–H and O–H groups in total. The molecule has 138 valence electrons. The fraction of sp³-hybridized carbons (Fsp3) is 0.526. The summed E-state index contributed by atoms with van der Waals surface area (Å²) in [6.45, 7) is 3.05. The van der Waals surface area contributed by atoms with Crippen LogP contribution in [0, 0.1) is 0 Å². The SMILES string of the molecule is O=C(CC1COCCN1)Nc1cccc(-c2nnc3n2CCCCC3)c1. The van der Waals surface area contributed by atoms with Crippen LogP contribution in [0.25, 0.3) is 11.4 Å². The van der Waals surface area contributed by atoms with Gasteiger partial charge >= 0.3 is 0 Å². The molecule has 1 saturated heterocycles. The lowest BCUT2D eigenvalue weighted by Crippen LogP contribution is -2.43. The van der Waals surface area contributed by atoms with Crippen molar-refractivity contribution in [2.45, 2.75) is 44.7 Å². The van der Waals surface area contributed by atoms with Gasteiger partial charge in [-0.1, -0.05) is 18.6 Å². The molecule has 0 bridgehead atoms. The van der Waals surface area contributed by atoms with Gasteiger partial charge in [-0.05, 0) is 25.0 Å². The van der Waals surface area contributed by atoms with Gasteiger partial charge in [-0.3, -0.25) is 4.79 Å². The van der Waals surface area contributed by atoms with E-state index in [2.05, 4.69) is 25.4 Å². The van der Waals surface area contributed by atoms with Gasteiger partial charge in [-0.15, -0.1) is 10.2 Å². The zero-order valence-corrected chi connectivity index (χ0v) is 14.9. The second kappa shape index (κ2) is 7.97. The minimum Gasteiger partial charge on any atom is -0.378 e. The minimum atomic E-state index is -0.00905. The first-order valence-electron chi connectivity index (χ1n) is 9.43. The number of rotatable bonds is 4. The van der Waals surface area contributed by atoms with E-state index < -0.39 is 0 Å². The van der Waals surface area contributed by atoms with Gasteiger partial charge in [0.05, 0.1) is 13.2 Å². The second-order valence-corrected chi connectivity index (χ2v) is 6.96. The van der Waals surface area contributed by atoms with Gasteiger partial charge in [-0.25, -0.2) is 0 Å². The third kappa shape index (κ3) is 3.94. The number of carbonyl (C=O) groups excluding carboxylic acids is 1. The number of anilines is 1. The van der Waals surface area contributed by atoms with E-state index in [1.165, 1.54) is 12.8 Å². The van der Waals surface area contributed by atoms with E-state index in [0.717, 1.165) is 48.8 Å². The average molecular weight is 355 g/mol. The van der Waals surface area contributed by atoms with Crippen molar-refractivity contribution in [1.29, 1.82) is 0 Å². The Hall–Kier alpha value is -2.25. The number of hydrogen-bond donors (Lipinski definition) is 2. The highest BCUT2D eigenvalue weighted by atomic mass is 16.5. The van der Waals surface area contributed by atoms with Crippen LogP contribution in [0.5, 0.6) is 0 Å². The number of fused-ring (bicyclic) bond motifs is 1. The predicted molar refractivity (Wildman–Crippen MR) is 98.9 cm³/mol. The van der Waals surface area contributed by atoms with Crippen LogP contribution in [0.2, 0.25) is 0 Å². The zero-order valence-electron chi connectivity index (χ0n) is 14.9. The van der Waals surface area contributed by atoms with Crippen molar-refractivity contribution in [3.05, 3.63) is 30.1 Å². The first kappa shape index (κ1) is 17.2. The monoisotopic (exact) mass is 355 g/mol. The van der Waals surface area contributed by atoms with Crippen LogP contribution >= 0.6 is 0 Å². The molecule has 0 aliphatic carbocycles. The fourth-order valence-electron chi connectivity index (χ4n) is 3.62. The molecule has 1 atom stereocenters. The Bertz CT molecular complexity index is 767. The summed E-state index contributed by atoms with van der Waals surface area (Å²) in [5.74, 6) is 1.95. The first-order valence-corrected chi connectivity index (χ1v) is 9.43. The van der Waals surface area contributed by atoms with Crippen molar-refractivity contribution < 1.29 is 9.53 Å². The summed E-state index contributed by atoms with van der Waals surface area (Å²) >= 11 is 0. The Morgan fingerprint density at radius 1 is 1.31 bits per heavy atom. The summed E-state index contributed by atoms with van der Waals surface area (Å²) in [5.41, 5.74) is 1.78. The molecule has 1 aromatic carbocycles. The smallest absolute Gasteiger partial charge is 0.226 e. The van der Waals surface area contributed by atoms with Gasteiger partial charge in [0.2, 0.25) is 5.91 Å². The van der Waals surface area contributed by atoms with E-state index in [0.29, 0.717) is 19.6 Å². The number of nitrogens with one attached hydrogen (secondary N) is 2. The number of amides is 1. The number of aryl methyl sites for hydroxylation is 1. The molecule has 7 heteroatoms. The lowest BCUT2D eigenvalue weighted by atomic mass is 10.1. The van der Waals surface area contributed by atoms with Gasteiger partial charge < -0.3 is 19.9 Å². The predicted octanol–water partition coefficient (Wildman–Crippen LogP) is 1.99. The largest absolute Gasteiger partial charge is 0.378 e. The van der Waals surface area contributed by atoms with Gasteiger partial charge in [0.1, 0.15) is 5.82 Å². The highest BCUT2D eigenvalue weighted by Crippen LogP contribution is 2.25. The molecule has 2 aliphatic heterocycles. The number of nitrogens with zero attached hydrogens (tertiary/aromatic N) is 3. The number of morpholine rings is 1. The average Bonchev–Trinajstić information content (AvgIpc) is 2.91. The van der Waals surface area contributed by atoms with Crippen LogP contribution in [0.4, 0.5) is 5.69 Å². The number of ether oxygens (including phenoxy) is 1. The van der Waals surface area contributed by atoms with E-state index in [1.807, 2.05) is 24.3 Å². The maximum absolute atomic E-state index is 12.3. The van der Waals surface area contributed by atoms with Crippen LogP contribution in [-0.4, -0.2) is 46.5 Å². The molecule has 4 rings (SSSR count). The van der Waals surface area contributed by atoms with E-state index in [-0.39, 0.29) is 11.9 Å². The molecule has 2 aliphatic rings. The maximum atomic E-state index is 12.3. The lowest BCUT2D eigenvalue weighted by Gasteiger charge is -2.23. The van der Waals surface area contributed by atoms with Crippen molar-refractivity contribution in [2.24, 2.45) is 0 Å². The molecule has 1 aromatic heterocycles. The Kier molecular flexibility index (Phi) is 5.26. The second-order valence-electron chi connectivity index (χ2n) is 6.96. The number of benzene rings is 1. The van der Waals surface area contributed by atoms with Crippen molar-refractivity contribution in [3.63, 3.8) is 0 Å². The summed E-state index contributed by atoms with van der Waals surface area (Å²) in [6, 6.07) is 7.94. The normalized spacial score (nSPS) is 20.2. The number of hydrogen-bond acceptors (Lipinski definition) is 5. The molecule has 0 saturated carbocycles. The van der Waals surface area contributed by atoms with Gasteiger partial charge in [0.25, 0.3) is 0 Å². The Morgan fingerprint density at radius 2 is 2.27 bits per heavy atom. The third-order valence-electron chi connectivity index (χ3n) is 4.94. The summed E-state index contributed by atoms with van der Waals surface area (Å²) < 4.78 is 7.62. The molecule has 7 nitrogen and oxygen atoms in total. The van der Waals surface area contributed by atoms with Crippen LogP contribution in [0.3, 0.4) is 0 Å². The molecule has 1 unspecified atom stereocenters. The standard InChI is InChI=1S/C19H25N5O2/c25-18(12-16-13-26-10-8-20-16)21-15-6-4-5-14(11-15)19-23-22-17-7-2-1-3-9-24(17)19/h4-6,11,16,20H,1-3,7-10,12-13H2,(H,21,25). The van der Waals surface area contributed by atoms with Crippen LogP contribution < -0.4 is 10.6 Å². The molecule has 26 heavy (non-hydrogen) atoms. The molecular weight excluding hydrogens is 330 g/mol. The number of aromatic nitrogens is 3. The molecule has 2 aromatic rings. The minimum absolute atomic E-state index is 0.00905. The molecule has 3 heterocycles. The summed E-state index contributed by atoms with van der Waals surface area (Å²) in [7, 11) is 0. The molecule has 0 radical (unpaired) electrons. The number of carbonyl (C=O) groups is 1. The fourth-order valence-corrected chi connectivity index (χ4v) is 3.62. The highest BCUT2D eigenvalue weighted by molar-refractivity contribution is 5.91. The van der Waals surface area contributed by atoms with Gasteiger partial charge in [0.15, 0.2) is 5.82 Å². The Morgan fingerprint density at radius 3 is 3.15 bits per heavy atom. The van der Waals surface area contributed by atoms with Gasteiger partial charge in [-0.2, -0.15) is 0 Å². The summed E-state index contributed by atoms with van der Waals surface area (Å²) in [4.78, 5) is 12.3. The van der Waals surface area contributed by atoms with Gasteiger partial charge in [0, 0.05) is 43.2 Å². The zero-order chi connectivity index (χ0) is 17.8. The van der Waals surface area contributed by atoms with Crippen molar-refractivity contribution in [2.75, 3.05) is 25.1 Å². The summed E-state index contributed by atoms with van der Waals surface area (Å²) in [5, 5.41) is 15.1. The topological polar surface area (TPSA) is 81.1 Å². The third-order valence-corrected chi connectivity index (χ3v) is 4.94. The molecule has 1 fully saturated rings. The van der Waals surface area contributed by atoms with Crippen LogP contribution in [0.15, 0.2) is 24.3 Å². The quantitative estimate of drug-likeness (QED) is 0.877. The molecule has 1 amide bonds. The van der Waals surface area contributed by atoms with Crippen molar-refractivity contribution in [3.8, 4) is 11.4 Å². The van der Waals surface area contributed by atoms with E-state index in [9.17, 15) is 4.79 Å². The highest BCUT2D eigenvalue weighted by Gasteiger charge is 2.18. The van der Waals surface area contributed by atoms with E-state index >= 15 is 0 Å². The lowest BCUT2D eigenvalue weighted by molar-refractivity contribution is -0.117. The molecule has 0 spiro atoms. The van der Waals surface area contributed by atoms with Crippen molar-refractivity contribution in [1.82, 2.24) is 20.1 Å². The maximum Gasteiger partial charge on any atom is 0.226 e. The molecular formula is C19H25N5O2. The Labute approximate surface area is 153 Å². The summed E-state index contributed by atoms with van der Waals surface area (Å²) in [6.07, 6.45) is 4.96. The van der Waals surface area contributed by atoms with Crippen LogP contribution in [0.1, 0.15) is 31.5 Å². The van der Waals surface area contributed by atoms with E-state index in [1.54, 1.807) is 0 Å².